The number of benzene rings is 1. The lowest BCUT2D eigenvalue weighted by atomic mass is 9.90. The highest BCUT2D eigenvalue weighted by molar-refractivity contribution is 5.87. The van der Waals surface area contributed by atoms with Gasteiger partial charge in [0.2, 0.25) is 5.88 Å². The summed E-state index contributed by atoms with van der Waals surface area (Å²) in [6, 6.07) is 8.03. The summed E-state index contributed by atoms with van der Waals surface area (Å²) in [5, 5.41) is 11.1. The van der Waals surface area contributed by atoms with Gasteiger partial charge in [-0.05, 0) is 47.8 Å². The number of ether oxygens (including phenoxy) is 1. The summed E-state index contributed by atoms with van der Waals surface area (Å²) in [7, 11) is 1.60. The zero-order valence-corrected chi connectivity index (χ0v) is 11.4. The normalized spacial score (nSPS) is 16.1. The van der Waals surface area contributed by atoms with Gasteiger partial charge >= 0.3 is 5.97 Å². The van der Waals surface area contributed by atoms with E-state index < -0.39 is 5.97 Å². The van der Waals surface area contributed by atoms with Crippen molar-refractivity contribution in [3.63, 3.8) is 0 Å². The Morgan fingerprint density at radius 3 is 2.90 bits per heavy atom. The molecule has 2 aromatic rings. The first-order valence-corrected chi connectivity index (χ1v) is 6.83. The molecule has 1 saturated carbocycles. The average Bonchev–Trinajstić information content (AvgIpc) is 3.28. The van der Waals surface area contributed by atoms with Crippen LogP contribution < -0.4 is 4.74 Å². The molecular formula is C16H17NO3. The number of nitrogens with zero attached hydrogens (tertiary/aromatic N) is 1. The summed E-state index contributed by atoms with van der Waals surface area (Å²) < 4.78 is 5.29. The van der Waals surface area contributed by atoms with Gasteiger partial charge in [0.1, 0.15) is 0 Å². The Morgan fingerprint density at radius 1 is 1.45 bits per heavy atom. The van der Waals surface area contributed by atoms with Gasteiger partial charge in [-0.2, -0.15) is 0 Å². The molecule has 0 saturated heterocycles. The van der Waals surface area contributed by atoms with Gasteiger partial charge in [-0.1, -0.05) is 12.1 Å². The number of carbonyl (C=O) groups is 1. The van der Waals surface area contributed by atoms with E-state index in [1.807, 2.05) is 24.3 Å². The minimum Gasteiger partial charge on any atom is -0.481 e. The van der Waals surface area contributed by atoms with Crippen LogP contribution in [-0.2, 0) is 4.79 Å². The number of carboxylic acid groups (broad SMARTS) is 1. The monoisotopic (exact) mass is 271 g/mol. The van der Waals surface area contributed by atoms with Gasteiger partial charge in [0.05, 0.1) is 13.5 Å². The fraction of sp³-hybridized carbons (Fsp3) is 0.375. The Morgan fingerprint density at radius 2 is 2.25 bits per heavy atom. The van der Waals surface area contributed by atoms with E-state index in [0.29, 0.717) is 11.8 Å². The summed E-state index contributed by atoms with van der Waals surface area (Å²) in [5.74, 6) is 0.461. The molecule has 1 aromatic heterocycles. The summed E-state index contributed by atoms with van der Waals surface area (Å²) in [5.41, 5.74) is 1.08. The summed E-state index contributed by atoms with van der Waals surface area (Å²) in [6.45, 7) is 0. The second kappa shape index (κ2) is 5.12. The molecule has 1 fully saturated rings. The lowest BCUT2D eigenvalue weighted by Gasteiger charge is -2.15. The largest absolute Gasteiger partial charge is 0.481 e. The van der Waals surface area contributed by atoms with Crippen LogP contribution in [0.15, 0.2) is 30.5 Å². The maximum absolute atomic E-state index is 11.1. The van der Waals surface area contributed by atoms with Gasteiger partial charge in [-0.3, -0.25) is 4.79 Å². The highest BCUT2D eigenvalue weighted by atomic mass is 16.5. The van der Waals surface area contributed by atoms with Gasteiger partial charge < -0.3 is 9.84 Å². The lowest BCUT2D eigenvalue weighted by molar-refractivity contribution is -0.137. The predicted molar refractivity (Wildman–Crippen MR) is 76.0 cm³/mol. The SMILES string of the molecule is COc1nccc2ccc(C(CC(=O)O)C3CC3)cc12. The summed E-state index contributed by atoms with van der Waals surface area (Å²) in [4.78, 5) is 15.3. The highest BCUT2D eigenvalue weighted by Crippen LogP contribution is 2.45. The number of carboxylic acids is 1. The molecule has 1 aromatic carbocycles. The molecule has 4 heteroatoms. The summed E-state index contributed by atoms with van der Waals surface area (Å²) >= 11 is 0. The van der Waals surface area contributed by atoms with Crippen LogP contribution in [0.25, 0.3) is 10.8 Å². The van der Waals surface area contributed by atoms with Crippen molar-refractivity contribution >= 4 is 16.7 Å². The van der Waals surface area contributed by atoms with Crippen molar-refractivity contribution < 1.29 is 14.6 Å². The van der Waals surface area contributed by atoms with Crippen LogP contribution in [0.2, 0.25) is 0 Å². The van der Waals surface area contributed by atoms with E-state index in [0.717, 1.165) is 29.2 Å². The number of rotatable bonds is 5. The van der Waals surface area contributed by atoms with E-state index in [2.05, 4.69) is 4.98 Å². The number of aromatic nitrogens is 1. The Balaban J connectivity index is 2.04. The third kappa shape index (κ3) is 2.46. The molecule has 1 heterocycles. The minimum absolute atomic E-state index is 0.0989. The maximum atomic E-state index is 11.1. The van der Waals surface area contributed by atoms with Crippen LogP contribution in [0.5, 0.6) is 5.88 Å². The van der Waals surface area contributed by atoms with Crippen molar-refractivity contribution in [2.24, 2.45) is 5.92 Å². The molecule has 104 valence electrons. The number of hydrogen-bond acceptors (Lipinski definition) is 3. The van der Waals surface area contributed by atoms with Crippen molar-refractivity contribution in [3.8, 4) is 5.88 Å². The van der Waals surface area contributed by atoms with Crippen molar-refractivity contribution in [1.29, 1.82) is 0 Å². The topological polar surface area (TPSA) is 59.4 Å². The molecule has 0 bridgehead atoms. The summed E-state index contributed by atoms with van der Waals surface area (Å²) in [6.07, 6.45) is 4.16. The molecular weight excluding hydrogens is 254 g/mol. The van der Waals surface area contributed by atoms with Crippen LogP contribution in [-0.4, -0.2) is 23.2 Å². The minimum atomic E-state index is -0.736. The molecule has 0 aliphatic heterocycles. The van der Waals surface area contributed by atoms with Gasteiger partial charge in [-0.15, -0.1) is 0 Å². The van der Waals surface area contributed by atoms with E-state index in [4.69, 9.17) is 9.84 Å². The molecule has 1 atom stereocenters. The highest BCUT2D eigenvalue weighted by Gasteiger charge is 2.33. The third-order valence-corrected chi connectivity index (χ3v) is 3.96. The standard InChI is InChI=1S/C16H17NO3/c1-20-16-14-8-12(5-4-11(14)6-7-17-16)13(9-15(18)19)10-2-3-10/h4-8,10,13H,2-3,9H2,1H3,(H,18,19). The fourth-order valence-electron chi connectivity index (χ4n) is 2.80. The van der Waals surface area contributed by atoms with E-state index in [9.17, 15) is 4.79 Å². The number of methoxy groups -OCH3 is 1. The van der Waals surface area contributed by atoms with E-state index in [-0.39, 0.29) is 12.3 Å². The van der Waals surface area contributed by atoms with Crippen LogP contribution >= 0.6 is 0 Å². The van der Waals surface area contributed by atoms with Crippen molar-refractivity contribution in [3.05, 3.63) is 36.0 Å². The number of fused-ring (bicyclic) bond motifs is 1. The second-order valence-electron chi connectivity index (χ2n) is 5.34. The molecule has 1 N–H and O–H groups in total. The Labute approximate surface area is 117 Å². The molecule has 4 nitrogen and oxygen atoms in total. The molecule has 1 aliphatic rings. The Kier molecular flexibility index (Phi) is 3.30. The lowest BCUT2D eigenvalue weighted by Crippen LogP contribution is -2.08. The first-order chi connectivity index (χ1) is 9.69. The van der Waals surface area contributed by atoms with Crippen LogP contribution in [0, 0.1) is 5.92 Å². The van der Waals surface area contributed by atoms with E-state index >= 15 is 0 Å². The zero-order valence-electron chi connectivity index (χ0n) is 11.4. The number of hydrogen-bond donors (Lipinski definition) is 1. The molecule has 0 spiro atoms. The quantitative estimate of drug-likeness (QED) is 0.907. The molecule has 3 rings (SSSR count). The van der Waals surface area contributed by atoms with Gasteiger partial charge in [0.25, 0.3) is 0 Å². The third-order valence-electron chi connectivity index (χ3n) is 3.96. The van der Waals surface area contributed by atoms with Crippen LogP contribution in [0.4, 0.5) is 0 Å². The average molecular weight is 271 g/mol. The fourth-order valence-corrected chi connectivity index (χ4v) is 2.80. The molecule has 1 aliphatic carbocycles. The van der Waals surface area contributed by atoms with Crippen LogP contribution in [0.1, 0.15) is 30.7 Å². The van der Waals surface area contributed by atoms with Crippen molar-refractivity contribution in [2.45, 2.75) is 25.2 Å². The van der Waals surface area contributed by atoms with Crippen molar-refractivity contribution in [1.82, 2.24) is 4.98 Å². The second-order valence-corrected chi connectivity index (χ2v) is 5.34. The molecule has 0 radical (unpaired) electrons. The number of pyridine rings is 1. The number of aliphatic carboxylic acids is 1. The van der Waals surface area contributed by atoms with Crippen LogP contribution in [0.3, 0.4) is 0 Å². The molecule has 20 heavy (non-hydrogen) atoms. The van der Waals surface area contributed by atoms with Gasteiger partial charge in [0.15, 0.2) is 0 Å². The molecule has 0 amide bonds. The van der Waals surface area contributed by atoms with Gasteiger partial charge in [-0.25, -0.2) is 4.98 Å². The maximum Gasteiger partial charge on any atom is 0.303 e. The van der Waals surface area contributed by atoms with Crippen molar-refractivity contribution in [2.75, 3.05) is 7.11 Å². The van der Waals surface area contributed by atoms with E-state index in [1.165, 1.54) is 0 Å². The predicted octanol–water partition coefficient (Wildman–Crippen LogP) is 3.21. The zero-order chi connectivity index (χ0) is 14.1. The smallest absolute Gasteiger partial charge is 0.303 e. The Bertz CT molecular complexity index is 649. The first-order valence-electron chi connectivity index (χ1n) is 6.83. The van der Waals surface area contributed by atoms with E-state index in [1.54, 1.807) is 13.3 Å². The Hall–Kier alpha value is -2.10. The van der Waals surface area contributed by atoms with Gasteiger partial charge in [0, 0.05) is 11.6 Å². The first kappa shape index (κ1) is 12.9. The molecule has 1 unspecified atom stereocenters.